The largest absolute Gasteiger partial charge is 0.497 e. The van der Waals surface area contributed by atoms with Crippen LogP contribution in [0.25, 0.3) is 11.1 Å². The third-order valence-electron chi connectivity index (χ3n) is 8.69. The molecule has 48 heavy (non-hydrogen) atoms. The second-order valence-corrected chi connectivity index (χ2v) is 13.1. The van der Waals surface area contributed by atoms with E-state index in [-0.39, 0.29) is 11.7 Å². The van der Waals surface area contributed by atoms with Crippen LogP contribution in [0.4, 0.5) is 15.0 Å². The number of ether oxygens (including phenoxy) is 3. The third-order valence-corrected chi connectivity index (χ3v) is 8.69. The Morgan fingerprint density at radius 3 is 2.46 bits per heavy atom. The highest BCUT2D eigenvalue weighted by Crippen LogP contribution is 2.38. The predicted octanol–water partition coefficient (Wildman–Crippen LogP) is 5.59. The minimum Gasteiger partial charge on any atom is -0.497 e. The van der Waals surface area contributed by atoms with E-state index in [1.807, 2.05) is 51.1 Å². The highest BCUT2D eigenvalue weighted by Gasteiger charge is 2.35. The number of nitrogens with zero attached hydrogens (tertiary/aromatic N) is 5. The van der Waals surface area contributed by atoms with Gasteiger partial charge in [0.15, 0.2) is 5.82 Å². The highest BCUT2D eigenvalue weighted by molar-refractivity contribution is 5.92. The van der Waals surface area contributed by atoms with Crippen molar-refractivity contribution in [3.63, 3.8) is 0 Å². The molecule has 0 bridgehead atoms. The number of halogens is 1. The number of carbonyl (C=O) groups excluding carboxylic acids is 2. The molecule has 1 aliphatic carbocycles. The molecule has 12 heteroatoms. The number of nitrogens with one attached hydrogen (secondary N) is 1. The van der Waals surface area contributed by atoms with Crippen LogP contribution >= 0.6 is 0 Å². The first-order valence-electron chi connectivity index (χ1n) is 16.2. The van der Waals surface area contributed by atoms with Gasteiger partial charge in [-0.2, -0.15) is 9.37 Å². The first-order valence-corrected chi connectivity index (χ1v) is 16.2. The molecule has 2 amide bonds. The summed E-state index contributed by atoms with van der Waals surface area (Å²) in [5.74, 6) is 1.22. The normalized spacial score (nSPS) is 17.8. The van der Waals surface area contributed by atoms with Crippen LogP contribution in [0, 0.1) is 5.95 Å². The first kappa shape index (κ1) is 33.1. The van der Waals surface area contributed by atoms with Crippen LogP contribution in [-0.2, 0) is 17.8 Å². The summed E-state index contributed by atoms with van der Waals surface area (Å²) in [6.07, 6.45) is 6.64. The molecule has 6 rings (SSSR count). The van der Waals surface area contributed by atoms with E-state index < -0.39 is 23.5 Å². The number of anilines is 1. The van der Waals surface area contributed by atoms with Crippen molar-refractivity contribution in [1.82, 2.24) is 25.2 Å². The Morgan fingerprint density at radius 2 is 1.79 bits per heavy atom. The van der Waals surface area contributed by atoms with E-state index in [0.717, 1.165) is 47.4 Å². The van der Waals surface area contributed by atoms with Crippen molar-refractivity contribution in [2.45, 2.75) is 64.7 Å². The van der Waals surface area contributed by atoms with Gasteiger partial charge < -0.3 is 19.5 Å². The molecule has 1 atom stereocenters. The molecule has 0 radical (unpaired) electrons. The van der Waals surface area contributed by atoms with Crippen molar-refractivity contribution < 1.29 is 28.2 Å². The predicted molar refractivity (Wildman–Crippen MR) is 179 cm³/mol. The molecule has 0 saturated carbocycles. The number of methoxy groups -OCH3 is 1. The summed E-state index contributed by atoms with van der Waals surface area (Å²) in [5, 5.41) is 2.47. The molecule has 3 aliphatic rings. The van der Waals surface area contributed by atoms with E-state index in [2.05, 4.69) is 21.3 Å². The van der Waals surface area contributed by atoms with Gasteiger partial charge in [-0.15, -0.1) is 0 Å². The molecular weight excluding hydrogens is 615 g/mol. The van der Waals surface area contributed by atoms with E-state index in [9.17, 15) is 14.0 Å². The summed E-state index contributed by atoms with van der Waals surface area (Å²) < 4.78 is 32.1. The number of allylic oxidation sites excluding steroid dienone is 1. The van der Waals surface area contributed by atoms with E-state index in [4.69, 9.17) is 24.2 Å². The number of carbonyl (C=O) groups is 2. The lowest BCUT2D eigenvalue weighted by Gasteiger charge is -2.30. The lowest BCUT2D eigenvalue weighted by molar-refractivity contribution is 0.0582. The van der Waals surface area contributed by atoms with Crippen molar-refractivity contribution >= 4 is 29.0 Å². The molecular formula is C36H41FN6O5. The number of aromatic nitrogens is 3. The quantitative estimate of drug-likeness (QED) is 0.310. The highest BCUT2D eigenvalue weighted by atomic mass is 19.1. The van der Waals surface area contributed by atoms with Crippen molar-refractivity contribution in [1.29, 1.82) is 0 Å². The second kappa shape index (κ2) is 13.7. The van der Waals surface area contributed by atoms with Crippen LogP contribution in [0.1, 0.15) is 73.0 Å². The van der Waals surface area contributed by atoms with Crippen molar-refractivity contribution in [2.75, 3.05) is 38.7 Å². The van der Waals surface area contributed by atoms with Crippen LogP contribution in [0.5, 0.6) is 11.6 Å². The van der Waals surface area contributed by atoms with Crippen LogP contribution < -0.4 is 19.7 Å². The minimum atomic E-state index is -0.648. The maximum atomic E-state index is 14.8. The zero-order valence-corrected chi connectivity index (χ0v) is 28.0. The number of hydrogen-bond donors (Lipinski definition) is 1. The average Bonchev–Trinajstić information content (AvgIpc) is 3.75. The number of rotatable bonds is 8. The van der Waals surface area contributed by atoms with Gasteiger partial charge in [-0.1, -0.05) is 24.3 Å². The fraction of sp³-hybridized carbons (Fsp3) is 0.417. The third kappa shape index (κ3) is 7.18. The molecule has 4 heterocycles. The number of fused-ring (bicyclic) bond motifs is 1. The number of amides is 2. The summed E-state index contributed by atoms with van der Waals surface area (Å²) >= 11 is 0. The fourth-order valence-corrected chi connectivity index (χ4v) is 6.19. The summed E-state index contributed by atoms with van der Waals surface area (Å²) in [5.41, 5.74) is 3.44. The topological polar surface area (TPSA) is 119 Å². The van der Waals surface area contributed by atoms with Gasteiger partial charge in [0.25, 0.3) is 5.91 Å². The molecule has 3 aromatic rings. The Labute approximate surface area is 279 Å². The first-order chi connectivity index (χ1) is 23.0. The van der Waals surface area contributed by atoms with E-state index in [1.165, 1.54) is 7.05 Å². The van der Waals surface area contributed by atoms with Crippen LogP contribution in [0.2, 0.25) is 0 Å². The second-order valence-electron chi connectivity index (χ2n) is 13.1. The number of hydrogen-bond acceptors (Lipinski definition) is 9. The molecule has 0 fully saturated rings. The van der Waals surface area contributed by atoms with Gasteiger partial charge in [0.2, 0.25) is 11.8 Å². The smallest absolute Gasteiger partial charge is 0.416 e. The standard InChI is InChI=1S/C36H41FN6O5/c1-36(2,3)48-35(45)43-19-16-28-32(43)40-31(41-34(28)47-21-22-6-10-26(46-5)11-7-22)24-8-9-25(20-24)42-17-14-23(15-18-42)27-12-13-29(33(44)38-4)39-30(27)37/h6-7,10-14,20,25H,8-9,15-19,21H2,1-5H3,(H,38,44). The van der Waals surface area contributed by atoms with Gasteiger partial charge in [0.1, 0.15) is 29.5 Å². The lowest BCUT2D eigenvalue weighted by Crippen LogP contribution is -2.36. The fourth-order valence-electron chi connectivity index (χ4n) is 6.19. The van der Waals surface area contributed by atoms with Gasteiger partial charge >= 0.3 is 6.09 Å². The van der Waals surface area contributed by atoms with Crippen molar-refractivity contribution in [3.05, 3.63) is 82.7 Å². The van der Waals surface area contributed by atoms with Gasteiger partial charge in [-0.3, -0.25) is 14.6 Å². The Bertz CT molecular complexity index is 1770. The minimum absolute atomic E-state index is 0.0534. The monoisotopic (exact) mass is 656 g/mol. The van der Waals surface area contributed by atoms with Crippen LogP contribution in [0.3, 0.4) is 0 Å². The molecule has 0 saturated heterocycles. The number of benzene rings is 1. The van der Waals surface area contributed by atoms with Gasteiger partial charge in [0, 0.05) is 38.3 Å². The summed E-state index contributed by atoms with van der Waals surface area (Å²) in [6, 6.07) is 11.0. The maximum Gasteiger partial charge on any atom is 0.416 e. The summed E-state index contributed by atoms with van der Waals surface area (Å²) in [7, 11) is 3.12. The molecule has 2 aliphatic heterocycles. The molecule has 1 aromatic carbocycles. The number of pyridine rings is 1. The molecule has 2 aromatic heterocycles. The maximum absolute atomic E-state index is 14.8. The van der Waals surface area contributed by atoms with Crippen LogP contribution in [-0.4, -0.2) is 77.3 Å². The molecule has 1 unspecified atom stereocenters. The zero-order chi connectivity index (χ0) is 34.0. The molecule has 11 nitrogen and oxygen atoms in total. The van der Waals surface area contributed by atoms with Crippen molar-refractivity contribution in [2.24, 2.45) is 0 Å². The average molecular weight is 657 g/mol. The van der Waals surface area contributed by atoms with E-state index >= 15 is 0 Å². The van der Waals surface area contributed by atoms with Crippen molar-refractivity contribution in [3.8, 4) is 11.6 Å². The van der Waals surface area contributed by atoms with E-state index in [0.29, 0.717) is 55.6 Å². The molecule has 252 valence electrons. The van der Waals surface area contributed by atoms with Crippen LogP contribution in [0.15, 0.2) is 48.6 Å². The summed E-state index contributed by atoms with van der Waals surface area (Å²) in [6.45, 7) is 7.64. The molecule has 1 N–H and O–H groups in total. The Kier molecular flexibility index (Phi) is 9.45. The molecule has 0 spiro atoms. The van der Waals surface area contributed by atoms with Gasteiger partial charge in [0.05, 0.1) is 12.7 Å². The zero-order valence-electron chi connectivity index (χ0n) is 28.0. The Balaban J connectivity index is 1.22. The van der Waals surface area contributed by atoms with Gasteiger partial charge in [-0.05, 0) is 87.4 Å². The lowest BCUT2D eigenvalue weighted by atomic mass is 9.99. The Hall–Kier alpha value is -4.84. The SMILES string of the molecule is CNC(=O)c1ccc(C2=CCN(C3C=C(c4nc(OCc5ccc(OC)cc5)c5c(n4)N(C(=O)OC(C)(C)C)CC5)CC3)CC2)c(F)n1. The summed E-state index contributed by atoms with van der Waals surface area (Å²) in [4.78, 5) is 42.6. The van der Waals surface area contributed by atoms with Gasteiger partial charge in [-0.25, -0.2) is 14.8 Å². The Morgan fingerprint density at radius 1 is 1.00 bits per heavy atom. The van der Waals surface area contributed by atoms with E-state index in [1.54, 1.807) is 24.1 Å².